The number of hydrogen-bond donors (Lipinski definition) is 2. The first kappa shape index (κ1) is 15.4. The Balaban J connectivity index is 2.32. The number of aryl methyl sites for hydroxylation is 1. The molecule has 112 valence electrons. The van der Waals surface area contributed by atoms with Crippen LogP contribution in [-0.2, 0) is 21.2 Å². The maximum Gasteiger partial charge on any atom is 0.253 e. The average Bonchev–Trinajstić information content (AvgIpc) is 2.96. The normalized spacial score (nSPS) is 20.8. The van der Waals surface area contributed by atoms with Crippen LogP contribution < -0.4 is 10.6 Å². The molecule has 20 heavy (non-hydrogen) atoms. The molecular weight excluding hydrogens is 298 g/mol. The monoisotopic (exact) mass is 317 g/mol. The van der Waals surface area contributed by atoms with Crippen molar-refractivity contribution in [1.29, 1.82) is 0 Å². The number of nitrogens with zero attached hydrogens (tertiary/aromatic N) is 1. The summed E-state index contributed by atoms with van der Waals surface area (Å²) in [6, 6.07) is 2.77. The highest BCUT2D eigenvalue weighted by Crippen LogP contribution is 2.27. The molecule has 0 aliphatic carbocycles. The molecule has 2 heterocycles. The van der Waals surface area contributed by atoms with Gasteiger partial charge in [-0.15, -0.1) is 11.3 Å². The van der Waals surface area contributed by atoms with E-state index in [0.29, 0.717) is 23.8 Å². The van der Waals surface area contributed by atoms with Crippen molar-refractivity contribution in [3.8, 4) is 0 Å². The molecule has 1 aromatic heterocycles. The van der Waals surface area contributed by atoms with Gasteiger partial charge >= 0.3 is 0 Å². The number of amides is 1. The first-order chi connectivity index (χ1) is 9.50. The summed E-state index contributed by atoms with van der Waals surface area (Å²) < 4.78 is 27.0. The standard InChI is InChI=1S/C12H19N3O3S2/c1-3-9-4-5-11(19-9)20(17,18)15-7-6-14-8-10(15)12(16)13-2/h4-5,10,14H,3,6-8H2,1-2H3,(H,13,16). The fourth-order valence-electron chi connectivity index (χ4n) is 2.17. The molecule has 1 aromatic rings. The number of nitrogens with one attached hydrogen (secondary N) is 2. The lowest BCUT2D eigenvalue weighted by molar-refractivity contribution is -0.124. The van der Waals surface area contributed by atoms with E-state index in [0.717, 1.165) is 11.3 Å². The van der Waals surface area contributed by atoms with E-state index in [4.69, 9.17) is 0 Å². The molecule has 8 heteroatoms. The Hall–Kier alpha value is -0.960. The Morgan fingerprint density at radius 1 is 1.55 bits per heavy atom. The van der Waals surface area contributed by atoms with Crippen LogP contribution in [-0.4, -0.2) is 51.4 Å². The van der Waals surface area contributed by atoms with Gasteiger partial charge in [0.05, 0.1) is 0 Å². The van der Waals surface area contributed by atoms with Crippen LogP contribution >= 0.6 is 11.3 Å². The van der Waals surface area contributed by atoms with Crippen molar-refractivity contribution < 1.29 is 13.2 Å². The summed E-state index contributed by atoms with van der Waals surface area (Å²) in [5, 5.41) is 5.58. The number of carbonyl (C=O) groups is 1. The van der Waals surface area contributed by atoms with Gasteiger partial charge in [-0.1, -0.05) is 6.92 Å². The van der Waals surface area contributed by atoms with Gasteiger partial charge in [-0.3, -0.25) is 4.79 Å². The largest absolute Gasteiger partial charge is 0.358 e. The quantitative estimate of drug-likeness (QED) is 0.820. The minimum atomic E-state index is -3.60. The summed E-state index contributed by atoms with van der Waals surface area (Å²) in [4.78, 5) is 12.9. The Bertz CT molecular complexity index is 583. The van der Waals surface area contributed by atoms with Gasteiger partial charge in [0, 0.05) is 31.6 Å². The van der Waals surface area contributed by atoms with Crippen molar-refractivity contribution in [3.05, 3.63) is 17.0 Å². The first-order valence-corrected chi connectivity index (χ1v) is 8.79. The summed E-state index contributed by atoms with van der Waals surface area (Å²) in [5.74, 6) is -0.284. The lowest BCUT2D eigenvalue weighted by Gasteiger charge is -2.33. The summed E-state index contributed by atoms with van der Waals surface area (Å²) in [6.07, 6.45) is 0.806. The van der Waals surface area contributed by atoms with Gasteiger partial charge in [-0.2, -0.15) is 4.31 Å². The molecule has 1 atom stereocenters. The first-order valence-electron chi connectivity index (χ1n) is 6.53. The average molecular weight is 317 g/mol. The summed E-state index contributed by atoms with van der Waals surface area (Å²) in [6.45, 7) is 3.18. The van der Waals surface area contributed by atoms with Gasteiger partial charge in [0.25, 0.3) is 10.0 Å². The molecule has 1 saturated heterocycles. The lowest BCUT2D eigenvalue weighted by Crippen LogP contribution is -2.58. The summed E-state index contributed by atoms with van der Waals surface area (Å²) in [5.41, 5.74) is 0. The third-order valence-electron chi connectivity index (χ3n) is 3.29. The highest BCUT2D eigenvalue weighted by Gasteiger charge is 2.37. The molecule has 2 rings (SSSR count). The fourth-order valence-corrected chi connectivity index (χ4v) is 5.18. The predicted octanol–water partition coefficient (Wildman–Crippen LogP) is 0.0190. The Morgan fingerprint density at radius 3 is 2.90 bits per heavy atom. The van der Waals surface area contributed by atoms with Crippen molar-refractivity contribution in [2.75, 3.05) is 26.7 Å². The molecule has 1 amide bonds. The lowest BCUT2D eigenvalue weighted by atomic mass is 10.2. The van der Waals surface area contributed by atoms with Crippen molar-refractivity contribution in [2.45, 2.75) is 23.6 Å². The summed E-state index contributed by atoms with van der Waals surface area (Å²) in [7, 11) is -2.09. The van der Waals surface area contributed by atoms with Gasteiger partial charge in [-0.25, -0.2) is 8.42 Å². The third kappa shape index (κ3) is 2.88. The maximum atomic E-state index is 12.7. The SMILES string of the molecule is CCc1ccc(S(=O)(=O)N2CCNCC2C(=O)NC)s1. The van der Waals surface area contributed by atoms with Crippen molar-refractivity contribution >= 4 is 27.3 Å². The highest BCUT2D eigenvalue weighted by atomic mass is 32.2. The Kier molecular flexibility index (Phi) is 4.79. The third-order valence-corrected chi connectivity index (χ3v) is 6.90. The van der Waals surface area contributed by atoms with Gasteiger partial charge in [-0.05, 0) is 18.6 Å². The minimum Gasteiger partial charge on any atom is -0.358 e. The number of hydrogen-bond acceptors (Lipinski definition) is 5. The van der Waals surface area contributed by atoms with Crippen LogP contribution in [0.1, 0.15) is 11.8 Å². The molecular formula is C12H19N3O3S2. The van der Waals surface area contributed by atoms with E-state index in [-0.39, 0.29) is 5.91 Å². The van der Waals surface area contributed by atoms with Crippen LogP contribution in [0, 0.1) is 0 Å². The number of piperazine rings is 1. The molecule has 0 saturated carbocycles. The van der Waals surface area contributed by atoms with E-state index in [2.05, 4.69) is 10.6 Å². The zero-order valence-corrected chi connectivity index (χ0v) is 13.2. The second-order valence-electron chi connectivity index (χ2n) is 4.52. The van der Waals surface area contributed by atoms with E-state index in [1.807, 2.05) is 13.0 Å². The van der Waals surface area contributed by atoms with Gasteiger partial charge < -0.3 is 10.6 Å². The van der Waals surface area contributed by atoms with Crippen LogP contribution in [0.5, 0.6) is 0 Å². The minimum absolute atomic E-state index is 0.284. The van der Waals surface area contributed by atoms with E-state index < -0.39 is 16.1 Å². The van der Waals surface area contributed by atoms with Crippen LogP contribution in [0.4, 0.5) is 0 Å². The van der Waals surface area contributed by atoms with E-state index in [1.54, 1.807) is 6.07 Å². The number of sulfonamides is 1. The van der Waals surface area contributed by atoms with Crippen molar-refractivity contribution in [3.63, 3.8) is 0 Å². The predicted molar refractivity (Wildman–Crippen MR) is 78.3 cm³/mol. The summed E-state index contributed by atoms with van der Waals surface area (Å²) >= 11 is 1.27. The number of carbonyl (C=O) groups excluding carboxylic acids is 1. The fraction of sp³-hybridized carbons (Fsp3) is 0.583. The number of likely N-dealkylation sites (N-methyl/N-ethyl adjacent to an activating group) is 1. The van der Waals surface area contributed by atoms with Crippen LogP contribution in [0.3, 0.4) is 0 Å². The highest BCUT2D eigenvalue weighted by molar-refractivity contribution is 7.91. The zero-order chi connectivity index (χ0) is 14.8. The molecule has 1 unspecified atom stereocenters. The molecule has 0 radical (unpaired) electrons. The van der Waals surface area contributed by atoms with E-state index in [1.165, 1.54) is 22.7 Å². The van der Waals surface area contributed by atoms with Gasteiger partial charge in [0.1, 0.15) is 10.3 Å². The van der Waals surface area contributed by atoms with Gasteiger partial charge in [0.2, 0.25) is 5.91 Å². The van der Waals surface area contributed by atoms with Crippen LogP contribution in [0.15, 0.2) is 16.3 Å². The molecule has 0 spiro atoms. The molecule has 1 fully saturated rings. The van der Waals surface area contributed by atoms with E-state index in [9.17, 15) is 13.2 Å². The molecule has 6 nitrogen and oxygen atoms in total. The molecule has 0 aromatic carbocycles. The molecule has 1 aliphatic heterocycles. The number of thiophene rings is 1. The van der Waals surface area contributed by atoms with Crippen LogP contribution in [0.2, 0.25) is 0 Å². The molecule has 2 N–H and O–H groups in total. The Labute approximate surface area is 123 Å². The maximum absolute atomic E-state index is 12.7. The number of rotatable bonds is 4. The zero-order valence-electron chi connectivity index (χ0n) is 11.5. The smallest absolute Gasteiger partial charge is 0.253 e. The molecule has 0 bridgehead atoms. The van der Waals surface area contributed by atoms with Crippen molar-refractivity contribution in [1.82, 2.24) is 14.9 Å². The van der Waals surface area contributed by atoms with Gasteiger partial charge in [0.15, 0.2) is 0 Å². The molecule has 1 aliphatic rings. The second-order valence-corrected chi connectivity index (χ2v) is 7.81. The van der Waals surface area contributed by atoms with Crippen LogP contribution in [0.25, 0.3) is 0 Å². The van der Waals surface area contributed by atoms with Crippen molar-refractivity contribution in [2.24, 2.45) is 0 Å². The topological polar surface area (TPSA) is 78.5 Å². The Morgan fingerprint density at radius 2 is 2.30 bits per heavy atom. The second kappa shape index (κ2) is 6.21. The van der Waals surface area contributed by atoms with E-state index >= 15 is 0 Å².